The number of thioether (sulfide) groups is 1. The van der Waals surface area contributed by atoms with Crippen molar-refractivity contribution in [2.75, 3.05) is 22.1 Å². The molecule has 0 heterocycles. The summed E-state index contributed by atoms with van der Waals surface area (Å²) in [5.74, 6) is -0.209. The molecule has 0 aliphatic rings. The first-order valence-corrected chi connectivity index (χ1v) is 12.8. The van der Waals surface area contributed by atoms with Crippen LogP contribution < -0.4 is 9.62 Å². The van der Waals surface area contributed by atoms with Crippen molar-refractivity contribution in [3.63, 3.8) is 0 Å². The van der Waals surface area contributed by atoms with Gasteiger partial charge in [0.05, 0.1) is 18.5 Å². The standard InChI is InChI=1S/C24H26N2O3S2/c1-17-7-5-8-18(2)23(17)26(31(4,28)29)16-19-11-13-20(14-12-19)24(27)25-21-9-6-10-22(15-21)30-3/h5-15H,16H2,1-4H3,(H,25,27). The molecule has 0 aliphatic carbocycles. The highest BCUT2D eigenvalue weighted by atomic mass is 32.2. The third-order valence-electron chi connectivity index (χ3n) is 4.96. The second kappa shape index (κ2) is 9.58. The van der Waals surface area contributed by atoms with Gasteiger partial charge >= 0.3 is 0 Å². The van der Waals surface area contributed by atoms with Gasteiger partial charge in [-0.15, -0.1) is 11.8 Å². The largest absolute Gasteiger partial charge is 0.322 e. The Balaban J connectivity index is 1.80. The SMILES string of the molecule is CSc1cccc(NC(=O)c2ccc(CN(c3c(C)cccc3C)S(C)(=O)=O)cc2)c1. The zero-order chi connectivity index (χ0) is 22.6. The van der Waals surface area contributed by atoms with Gasteiger partial charge in [-0.1, -0.05) is 36.4 Å². The second-order valence-electron chi connectivity index (χ2n) is 7.39. The van der Waals surface area contributed by atoms with Crippen molar-refractivity contribution in [1.29, 1.82) is 0 Å². The number of hydrogen-bond donors (Lipinski definition) is 1. The van der Waals surface area contributed by atoms with Gasteiger partial charge in [-0.25, -0.2) is 8.42 Å². The van der Waals surface area contributed by atoms with Crippen molar-refractivity contribution < 1.29 is 13.2 Å². The number of carbonyl (C=O) groups is 1. The lowest BCUT2D eigenvalue weighted by Gasteiger charge is -2.26. The molecule has 0 aromatic heterocycles. The number of carbonyl (C=O) groups excluding carboxylic acids is 1. The van der Waals surface area contributed by atoms with Crippen LogP contribution in [0.5, 0.6) is 0 Å². The molecule has 0 bridgehead atoms. The Bertz CT molecular complexity index is 1170. The fourth-order valence-corrected chi connectivity index (χ4v) is 4.86. The second-order valence-corrected chi connectivity index (χ2v) is 10.2. The molecule has 0 saturated carbocycles. The van der Waals surface area contributed by atoms with Gasteiger partial charge in [0.1, 0.15) is 0 Å². The Morgan fingerprint density at radius 1 is 0.968 bits per heavy atom. The summed E-state index contributed by atoms with van der Waals surface area (Å²) >= 11 is 1.61. The fraction of sp³-hybridized carbons (Fsp3) is 0.208. The summed E-state index contributed by atoms with van der Waals surface area (Å²) in [6.07, 6.45) is 3.20. The van der Waals surface area contributed by atoms with Crippen molar-refractivity contribution in [3.8, 4) is 0 Å². The van der Waals surface area contributed by atoms with Gasteiger partial charge in [-0.05, 0) is 67.1 Å². The number of para-hydroxylation sites is 1. The van der Waals surface area contributed by atoms with Crippen LogP contribution in [0.4, 0.5) is 11.4 Å². The summed E-state index contributed by atoms with van der Waals surface area (Å²) in [7, 11) is -3.48. The number of amides is 1. The predicted molar refractivity (Wildman–Crippen MR) is 130 cm³/mol. The van der Waals surface area contributed by atoms with Crippen LogP contribution in [0.3, 0.4) is 0 Å². The topological polar surface area (TPSA) is 66.5 Å². The molecule has 0 unspecified atom stereocenters. The van der Waals surface area contributed by atoms with Crippen LogP contribution in [0.25, 0.3) is 0 Å². The maximum Gasteiger partial charge on any atom is 0.255 e. The summed E-state index contributed by atoms with van der Waals surface area (Å²) in [6, 6.07) is 20.4. The third kappa shape index (κ3) is 5.68. The number of sulfonamides is 1. The van der Waals surface area contributed by atoms with Crippen LogP contribution in [0, 0.1) is 13.8 Å². The van der Waals surface area contributed by atoms with Gasteiger partial charge in [-0.3, -0.25) is 9.10 Å². The van der Waals surface area contributed by atoms with E-state index in [4.69, 9.17) is 0 Å². The van der Waals surface area contributed by atoms with Crippen molar-refractivity contribution in [1.82, 2.24) is 0 Å². The number of nitrogens with one attached hydrogen (secondary N) is 1. The molecule has 0 fully saturated rings. The highest BCUT2D eigenvalue weighted by molar-refractivity contribution is 7.98. The monoisotopic (exact) mass is 454 g/mol. The summed E-state index contributed by atoms with van der Waals surface area (Å²) in [5, 5.41) is 2.90. The number of benzene rings is 3. The first-order valence-electron chi connectivity index (χ1n) is 9.77. The molecule has 5 nitrogen and oxygen atoms in total. The van der Waals surface area contributed by atoms with Crippen molar-refractivity contribution in [2.24, 2.45) is 0 Å². The van der Waals surface area contributed by atoms with E-state index in [-0.39, 0.29) is 12.5 Å². The maximum atomic E-state index is 12.6. The molecule has 0 saturated heterocycles. The van der Waals surface area contributed by atoms with E-state index in [0.717, 1.165) is 27.3 Å². The molecule has 0 atom stereocenters. The minimum Gasteiger partial charge on any atom is -0.322 e. The van der Waals surface area contributed by atoms with Gasteiger partial charge in [0.2, 0.25) is 10.0 Å². The Morgan fingerprint density at radius 3 is 2.16 bits per heavy atom. The van der Waals surface area contributed by atoms with E-state index >= 15 is 0 Å². The van der Waals surface area contributed by atoms with Crippen LogP contribution >= 0.6 is 11.8 Å². The van der Waals surface area contributed by atoms with E-state index in [1.165, 1.54) is 10.6 Å². The summed E-state index contributed by atoms with van der Waals surface area (Å²) in [5.41, 5.74) is 4.53. The van der Waals surface area contributed by atoms with Crippen molar-refractivity contribution in [2.45, 2.75) is 25.3 Å². The first-order chi connectivity index (χ1) is 14.7. The highest BCUT2D eigenvalue weighted by Crippen LogP contribution is 2.28. The molecule has 162 valence electrons. The Morgan fingerprint density at radius 2 is 1.58 bits per heavy atom. The number of rotatable bonds is 7. The summed E-state index contributed by atoms with van der Waals surface area (Å²) in [6.45, 7) is 4.00. The molecular formula is C24H26N2O3S2. The average Bonchev–Trinajstić information content (AvgIpc) is 2.72. The Kier molecular flexibility index (Phi) is 7.08. The molecule has 0 aliphatic heterocycles. The molecule has 7 heteroatoms. The van der Waals surface area contributed by atoms with Crippen LogP contribution in [-0.4, -0.2) is 26.8 Å². The lowest BCUT2D eigenvalue weighted by atomic mass is 10.1. The fourth-order valence-electron chi connectivity index (χ4n) is 3.39. The van der Waals surface area contributed by atoms with Crippen molar-refractivity contribution in [3.05, 3.63) is 89.0 Å². The van der Waals surface area contributed by atoms with E-state index in [1.54, 1.807) is 36.0 Å². The van der Waals surface area contributed by atoms with E-state index < -0.39 is 10.0 Å². The minimum atomic E-state index is -3.48. The number of hydrogen-bond acceptors (Lipinski definition) is 4. The van der Waals surface area contributed by atoms with Crippen LogP contribution in [0.15, 0.2) is 71.6 Å². The average molecular weight is 455 g/mol. The molecule has 31 heavy (non-hydrogen) atoms. The van der Waals surface area contributed by atoms with Crippen LogP contribution in [-0.2, 0) is 16.6 Å². The maximum absolute atomic E-state index is 12.6. The van der Waals surface area contributed by atoms with E-state index in [2.05, 4.69) is 5.32 Å². The number of nitrogens with zero attached hydrogens (tertiary/aromatic N) is 1. The number of aryl methyl sites for hydroxylation is 2. The van der Waals surface area contributed by atoms with Gasteiger partial charge < -0.3 is 5.32 Å². The quantitative estimate of drug-likeness (QED) is 0.496. The Hall–Kier alpha value is -2.77. The van der Waals surface area contributed by atoms with Gasteiger partial charge in [0, 0.05) is 16.1 Å². The smallest absolute Gasteiger partial charge is 0.255 e. The van der Waals surface area contributed by atoms with Gasteiger partial charge in [-0.2, -0.15) is 0 Å². The summed E-state index contributed by atoms with van der Waals surface area (Å²) < 4.78 is 26.5. The van der Waals surface area contributed by atoms with E-state index in [0.29, 0.717) is 11.3 Å². The van der Waals surface area contributed by atoms with Crippen molar-refractivity contribution >= 4 is 39.1 Å². The first kappa shape index (κ1) is 22.9. The molecule has 3 aromatic carbocycles. The zero-order valence-corrected chi connectivity index (χ0v) is 19.7. The summed E-state index contributed by atoms with van der Waals surface area (Å²) in [4.78, 5) is 13.7. The third-order valence-corrected chi connectivity index (χ3v) is 6.80. The van der Waals surface area contributed by atoms with Gasteiger partial charge in [0.25, 0.3) is 5.91 Å². The van der Waals surface area contributed by atoms with Crippen LogP contribution in [0.2, 0.25) is 0 Å². The van der Waals surface area contributed by atoms with Gasteiger partial charge in [0.15, 0.2) is 0 Å². The Labute approximate surface area is 188 Å². The molecule has 3 aromatic rings. The molecule has 1 N–H and O–H groups in total. The molecule has 1 amide bonds. The van der Waals surface area contributed by atoms with E-state index in [9.17, 15) is 13.2 Å². The molecule has 3 rings (SSSR count). The highest BCUT2D eigenvalue weighted by Gasteiger charge is 2.21. The zero-order valence-electron chi connectivity index (χ0n) is 18.0. The lowest BCUT2D eigenvalue weighted by Crippen LogP contribution is -2.30. The number of anilines is 2. The molecule has 0 spiro atoms. The van der Waals surface area contributed by atoms with E-state index in [1.807, 2.05) is 62.6 Å². The predicted octanol–water partition coefficient (Wildman–Crippen LogP) is 5.24. The van der Waals surface area contributed by atoms with Crippen LogP contribution in [0.1, 0.15) is 27.0 Å². The minimum absolute atomic E-state index is 0.197. The molecular weight excluding hydrogens is 428 g/mol. The lowest BCUT2D eigenvalue weighted by molar-refractivity contribution is 0.102. The molecule has 0 radical (unpaired) electrons. The normalized spacial score (nSPS) is 11.2.